The number of piperidine rings is 1. The van der Waals surface area contributed by atoms with Crippen molar-refractivity contribution in [3.8, 4) is 0 Å². The number of hydrogen-bond donors (Lipinski definition) is 1. The minimum atomic E-state index is -0.0684. The highest BCUT2D eigenvalue weighted by Gasteiger charge is 2.18. The molecule has 120 valence electrons. The van der Waals surface area contributed by atoms with Gasteiger partial charge in [-0.2, -0.15) is 0 Å². The van der Waals surface area contributed by atoms with Gasteiger partial charge in [0.15, 0.2) is 0 Å². The van der Waals surface area contributed by atoms with Crippen LogP contribution in [-0.4, -0.2) is 55.3 Å². The van der Waals surface area contributed by atoms with Gasteiger partial charge in [0.2, 0.25) is 5.91 Å². The van der Waals surface area contributed by atoms with Crippen LogP contribution in [0.15, 0.2) is 24.3 Å². The Labute approximate surface area is 132 Å². The number of nitrogens with zero attached hydrogens (tertiary/aromatic N) is 2. The zero-order valence-corrected chi connectivity index (χ0v) is 13.6. The van der Waals surface area contributed by atoms with E-state index in [0.717, 1.165) is 31.8 Å². The summed E-state index contributed by atoms with van der Waals surface area (Å²) in [7, 11) is 3.43. The topological polar surface area (TPSA) is 52.7 Å². The summed E-state index contributed by atoms with van der Waals surface area (Å²) in [4.78, 5) is 27.8. The lowest BCUT2D eigenvalue weighted by atomic mass is 9.99. The van der Waals surface area contributed by atoms with Crippen LogP contribution in [0.1, 0.15) is 30.1 Å². The minimum absolute atomic E-state index is 0.0241. The van der Waals surface area contributed by atoms with Crippen molar-refractivity contribution >= 4 is 17.5 Å². The van der Waals surface area contributed by atoms with Crippen molar-refractivity contribution in [2.75, 3.05) is 39.0 Å². The zero-order valence-electron chi connectivity index (χ0n) is 13.6. The van der Waals surface area contributed by atoms with E-state index in [4.69, 9.17) is 0 Å². The number of carbonyl (C=O) groups excluding carboxylic acids is 2. The van der Waals surface area contributed by atoms with Gasteiger partial charge in [-0.25, -0.2) is 0 Å². The van der Waals surface area contributed by atoms with Gasteiger partial charge in [0.05, 0.1) is 6.54 Å². The second-order valence-electron chi connectivity index (χ2n) is 6.29. The molecule has 2 amide bonds. The lowest BCUT2D eigenvalue weighted by molar-refractivity contribution is -0.117. The molecular formula is C17H25N3O2. The number of benzene rings is 1. The van der Waals surface area contributed by atoms with Gasteiger partial charge in [-0.3, -0.25) is 14.5 Å². The van der Waals surface area contributed by atoms with Crippen LogP contribution in [0.3, 0.4) is 0 Å². The molecule has 1 aliphatic rings. The van der Waals surface area contributed by atoms with Crippen LogP contribution in [0, 0.1) is 5.92 Å². The molecule has 5 heteroatoms. The maximum Gasteiger partial charge on any atom is 0.253 e. The van der Waals surface area contributed by atoms with E-state index in [-0.39, 0.29) is 11.8 Å². The van der Waals surface area contributed by atoms with Gasteiger partial charge < -0.3 is 10.2 Å². The largest absolute Gasteiger partial charge is 0.345 e. The molecule has 0 spiro atoms. The van der Waals surface area contributed by atoms with E-state index in [9.17, 15) is 9.59 Å². The Morgan fingerprint density at radius 1 is 1.27 bits per heavy atom. The van der Waals surface area contributed by atoms with E-state index in [2.05, 4.69) is 17.1 Å². The summed E-state index contributed by atoms with van der Waals surface area (Å²) in [6, 6.07) is 7.07. The van der Waals surface area contributed by atoms with Gasteiger partial charge in [0, 0.05) is 25.3 Å². The molecule has 0 atom stereocenters. The van der Waals surface area contributed by atoms with E-state index in [1.54, 1.807) is 32.3 Å². The fourth-order valence-electron chi connectivity index (χ4n) is 2.61. The Morgan fingerprint density at radius 3 is 2.59 bits per heavy atom. The van der Waals surface area contributed by atoms with Crippen LogP contribution in [0.2, 0.25) is 0 Å². The lowest BCUT2D eigenvalue weighted by Gasteiger charge is -2.29. The SMILES string of the molecule is CC1CCN(CC(=O)Nc2cccc(C(=O)N(C)C)c2)CC1. The van der Waals surface area contributed by atoms with Crippen molar-refractivity contribution < 1.29 is 9.59 Å². The Balaban J connectivity index is 1.91. The fraction of sp³-hybridized carbons (Fsp3) is 0.529. The average Bonchev–Trinajstić information content (AvgIpc) is 2.49. The van der Waals surface area contributed by atoms with Crippen LogP contribution >= 0.6 is 0 Å². The number of rotatable bonds is 4. The normalized spacial score (nSPS) is 16.3. The maximum atomic E-state index is 12.1. The van der Waals surface area contributed by atoms with E-state index < -0.39 is 0 Å². The van der Waals surface area contributed by atoms with Crippen LogP contribution in [0.4, 0.5) is 5.69 Å². The van der Waals surface area contributed by atoms with Gasteiger partial charge in [0.1, 0.15) is 0 Å². The average molecular weight is 303 g/mol. The standard InChI is InChI=1S/C17H25N3O2/c1-13-7-9-20(10-8-13)12-16(21)18-15-6-4-5-14(11-15)17(22)19(2)3/h4-6,11,13H,7-10,12H2,1-3H3,(H,18,21). The first-order valence-corrected chi connectivity index (χ1v) is 7.79. The third-order valence-electron chi connectivity index (χ3n) is 4.04. The van der Waals surface area contributed by atoms with Gasteiger partial charge >= 0.3 is 0 Å². The minimum Gasteiger partial charge on any atom is -0.345 e. The molecule has 1 fully saturated rings. The highest BCUT2D eigenvalue weighted by molar-refractivity contribution is 5.97. The number of likely N-dealkylation sites (tertiary alicyclic amines) is 1. The molecule has 0 radical (unpaired) electrons. The highest BCUT2D eigenvalue weighted by atomic mass is 16.2. The first-order chi connectivity index (χ1) is 10.5. The Kier molecular flexibility index (Phi) is 5.55. The van der Waals surface area contributed by atoms with Crippen molar-refractivity contribution in [1.82, 2.24) is 9.80 Å². The van der Waals surface area contributed by atoms with E-state index in [0.29, 0.717) is 17.8 Å². The molecule has 1 heterocycles. The van der Waals surface area contributed by atoms with Crippen LogP contribution in [-0.2, 0) is 4.79 Å². The third-order valence-corrected chi connectivity index (χ3v) is 4.04. The molecule has 2 rings (SSSR count). The second-order valence-corrected chi connectivity index (χ2v) is 6.29. The summed E-state index contributed by atoms with van der Waals surface area (Å²) in [5.41, 5.74) is 1.25. The molecule has 1 saturated heterocycles. The van der Waals surface area contributed by atoms with E-state index in [1.807, 2.05) is 6.07 Å². The van der Waals surface area contributed by atoms with Gasteiger partial charge in [-0.1, -0.05) is 13.0 Å². The van der Waals surface area contributed by atoms with Crippen molar-refractivity contribution in [3.05, 3.63) is 29.8 Å². The monoisotopic (exact) mass is 303 g/mol. The number of nitrogens with one attached hydrogen (secondary N) is 1. The molecule has 1 aromatic carbocycles. The zero-order chi connectivity index (χ0) is 16.1. The highest BCUT2D eigenvalue weighted by Crippen LogP contribution is 2.16. The number of anilines is 1. The first kappa shape index (κ1) is 16.5. The molecule has 1 N–H and O–H groups in total. The van der Waals surface area contributed by atoms with Crippen molar-refractivity contribution in [1.29, 1.82) is 0 Å². The Bertz CT molecular complexity index is 534. The Hall–Kier alpha value is -1.88. The van der Waals surface area contributed by atoms with Crippen LogP contribution in [0.5, 0.6) is 0 Å². The van der Waals surface area contributed by atoms with Crippen molar-refractivity contribution in [2.24, 2.45) is 5.92 Å². The predicted octanol–water partition coefficient (Wildman–Crippen LogP) is 2.06. The number of carbonyl (C=O) groups is 2. The van der Waals surface area contributed by atoms with Crippen LogP contribution in [0.25, 0.3) is 0 Å². The smallest absolute Gasteiger partial charge is 0.253 e. The second kappa shape index (κ2) is 7.40. The third kappa shape index (κ3) is 4.56. The molecule has 5 nitrogen and oxygen atoms in total. The summed E-state index contributed by atoms with van der Waals surface area (Å²) >= 11 is 0. The first-order valence-electron chi connectivity index (χ1n) is 7.79. The van der Waals surface area contributed by atoms with E-state index in [1.165, 1.54) is 4.90 Å². The van der Waals surface area contributed by atoms with Crippen molar-refractivity contribution in [2.45, 2.75) is 19.8 Å². The summed E-state index contributed by atoms with van der Waals surface area (Å²) in [5.74, 6) is 0.665. The molecule has 0 bridgehead atoms. The number of hydrogen-bond acceptors (Lipinski definition) is 3. The molecule has 0 unspecified atom stereocenters. The Morgan fingerprint density at radius 2 is 1.95 bits per heavy atom. The molecule has 22 heavy (non-hydrogen) atoms. The maximum absolute atomic E-state index is 12.1. The predicted molar refractivity (Wildman–Crippen MR) is 87.9 cm³/mol. The summed E-state index contributed by atoms with van der Waals surface area (Å²) in [5, 5.41) is 2.88. The lowest BCUT2D eigenvalue weighted by Crippen LogP contribution is -2.38. The van der Waals surface area contributed by atoms with Crippen LogP contribution < -0.4 is 5.32 Å². The molecular weight excluding hydrogens is 278 g/mol. The quantitative estimate of drug-likeness (QED) is 0.926. The summed E-state index contributed by atoms with van der Waals surface area (Å²) in [6.45, 7) is 4.63. The molecule has 1 aliphatic heterocycles. The molecule has 0 aromatic heterocycles. The molecule has 1 aromatic rings. The number of amides is 2. The van der Waals surface area contributed by atoms with Crippen molar-refractivity contribution in [3.63, 3.8) is 0 Å². The molecule has 0 saturated carbocycles. The fourth-order valence-corrected chi connectivity index (χ4v) is 2.61. The van der Waals surface area contributed by atoms with Gasteiger partial charge in [-0.15, -0.1) is 0 Å². The molecule has 0 aliphatic carbocycles. The van der Waals surface area contributed by atoms with Gasteiger partial charge in [0.25, 0.3) is 5.91 Å². The summed E-state index contributed by atoms with van der Waals surface area (Å²) in [6.07, 6.45) is 2.31. The summed E-state index contributed by atoms with van der Waals surface area (Å²) < 4.78 is 0. The van der Waals surface area contributed by atoms with E-state index >= 15 is 0 Å². The van der Waals surface area contributed by atoms with Gasteiger partial charge in [-0.05, 0) is 50.0 Å².